The van der Waals surface area contributed by atoms with Gasteiger partial charge in [0.25, 0.3) is 5.91 Å². The van der Waals surface area contributed by atoms with Crippen LogP contribution in [0, 0.1) is 0 Å². The van der Waals surface area contributed by atoms with Crippen molar-refractivity contribution in [1.29, 1.82) is 0 Å². The molecular weight excluding hydrogens is 510 g/mol. The van der Waals surface area contributed by atoms with Crippen LogP contribution in [0.15, 0.2) is 42.7 Å². The van der Waals surface area contributed by atoms with Gasteiger partial charge in [-0.2, -0.15) is 27.0 Å². The molecule has 1 amide bonds. The zero-order chi connectivity index (χ0) is 24.2. The number of nitrogens with zero attached hydrogens (tertiary/aromatic N) is 5. The molecule has 2 fully saturated rings. The number of benzene rings is 1. The van der Waals surface area contributed by atoms with Crippen LogP contribution in [0.1, 0.15) is 6.92 Å². The highest BCUT2D eigenvalue weighted by molar-refractivity contribution is 7.59. The zero-order valence-corrected chi connectivity index (χ0v) is 22.9. The summed E-state index contributed by atoms with van der Waals surface area (Å²) in [6, 6.07) is 10.2. The zero-order valence-electron chi connectivity index (χ0n) is 20.9. The van der Waals surface area contributed by atoms with Gasteiger partial charge in [0.15, 0.2) is 5.82 Å². The number of aromatic nitrogens is 3. The molecule has 12 heteroatoms. The molecule has 0 spiro atoms. The average Bonchev–Trinajstić information content (AvgIpc) is 2.92. The number of hydrogen-bond acceptors (Lipinski definition) is 9. The summed E-state index contributed by atoms with van der Waals surface area (Å²) in [4.78, 5) is 29.9. The van der Waals surface area contributed by atoms with Crippen LogP contribution in [0.4, 0.5) is 11.5 Å². The molecule has 10 nitrogen and oxygen atoms in total. The molecule has 37 heavy (non-hydrogen) atoms. The smallest absolute Gasteiger partial charge is 0.251 e. The summed E-state index contributed by atoms with van der Waals surface area (Å²) in [7, 11) is 0. The fourth-order valence-corrected chi connectivity index (χ4v) is 4.50. The lowest BCUT2D eigenvalue weighted by Gasteiger charge is -2.36. The van der Waals surface area contributed by atoms with Crippen molar-refractivity contribution in [2.75, 3.05) is 62.6 Å². The number of amides is 1. The predicted molar refractivity (Wildman–Crippen MR) is 155 cm³/mol. The SMILES string of the molecule is C[C@H](O)C(=O)N1CCN(c2ccc(-c3cc4nccnc4c(NC[C@@H]4CNCCO4)n3)cc2)CC1.S.S. The standard InChI is InChI=1S/C25H31N7O3.2H2S/c1-17(33)25(34)32-11-9-31(10-12-32)19-4-2-18(3-5-19)21-14-22-23(28-7-6-27-22)24(30-21)29-16-20-15-26-8-13-35-20;;/h2-7,14,17,20,26,33H,8-13,15-16H2,1H3,(H,29,30);2*1H2/t17-,20-;;/m0../s1. The molecule has 3 N–H and O–H groups in total. The number of carbonyl (C=O) groups excluding carboxylic acids is 1. The molecule has 1 aromatic carbocycles. The molecule has 5 rings (SSSR count). The van der Waals surface area contributed by atoms with Gasteiger partial charge >= 0.3 is 0 Å². The van der Waals surface area contributed by atoms with Crippen molar-refractivity contribution >= 4 is 55.4 Å². The molecule has 4 heterocycles. The third-order valence-corrected chi connectivity index (χ3v) is 6.44. The molecule has 2 atom stereocenters. The minimum atomic E-state index is -0.953. The number of rotatable bonds is 6. The third kappa shape index (κ3) is 6.82. The molecule has 0 aliphatic carbocycles. The maximum atomic E-state index is 12.0. The van der Waals surface area contributed by atoms with Gasteiger partial charge in [0.2, 0.25) is 0 Å². The Morgan fingerprint density at radius 2 is 1.89 bits per heavy atom. The van der Waals surface area contributed by atoms with E-state index in [-0.39, 0.29) is 39.0 Å². The first-order valence-corrected chi connectivity index (χ1v) is 12.1. The average molecular weight is 546 g/mol. The first-order valence-electron chi connectivity index (χ1n) is 12.1. The first kappa shape index (κ1) is 28.9. The minimum Gasteiger partial charge on any atom is -0.384 e. The van der Waals surface area contributed by atoms with E-state index < -0.39 is 6.10 Å². The van der Waals surface area contributed by atoms with E-state index in [1.807, 2.05) is 6.07 Å². The molecule has 0 bridgehead atoms. The molecule has 0 radical (unpaired) electrons. The lowest BCUT2D eigenvalue weighted by atomic mass is 10.1. The Hall–Kier alpha value is -2.64. The number of nitrogens with one attached hydrogen (secondary N) is 2. The molecule has 2 aliphatic heterocycles. The highest BCUT2D eigenvalue weighted by Crippen LogP contribution is 2.27. The lowest BCUT2D eigenvalue weighted by molar-refractivity contribution is -0.139. The Labute approximate surface area is 230 Å². The van der Waals surface area contributed by atoms with Crippen molar-refractivity contribution < 1.29 is 14.6 Å². The maximum Gasteiger partial charge on any atom is 0.251 e. The van der Waals surface area contributed by atoms with Crippen molar-refractivity contribution in [2.45, 2.75) is 19.1 Å². The van der Waals surface area contributed by atoms with Gasteiger partial charge in [0.05, 0.1) is 23.9 Å². The number of aliphatic hydroxyl groups excluding tert-OH is 1. The fraction of sp³-hybridized carbons (Fsp3) is 0.440. The van der Waals surface area contributed by atoms with E-state index in [1.165, 1.54) is 6.92 Å². The summed E-state index contributed by atoms with van der Waals surface area (Å²) >= 11 is 0. The van der Waals surface area contributed by atoms with Crippen molar-refractivity contribution in [2.24, 2.45) is 0 Å². The van der Waals surface area contributed by atoms with Gasteiger partial charge in [0.1, 0.15) is 11.6 Å². The molecule has 2 aromatic heterocycles. The summed E-state index contributed by atoms with van der Waals surface area (Å²) in [5.74, 6) is 0.490. The number of aliphatic hydroxyl groups is 1. The number of ether oxygens (including phenoxy) is 1. The van der Waals surface area contributed by atoms with E-state index in [4.69, 9.17) is 9.72 Å². The third-order valence-electron chi connectivity index (χ3n) is 6.44. The highest BCUT2D eigenvalue weighted by atomic mass is 32.1. The van der Waals surface area contributed by atoms with Crippen LogP contribution in [0.3, 0.4) is 0 Å². The topological polar surface area (TPSA) is 116 Å². The summed E-state index contributed by atoms with van der Waals surface area (Å²) in [5, 5.41) is 16.3. The normalized spacial score (nSPS) is 18.5. The monoisotopic (exact) mass is 545 g/mol. The van der Waals surface area contributed by atoms with Gasteiger partial charge < -0.3 is 30.3 Å². The summed E-state index contributed by atoms with van der Waals surface area (Å²) in [5.41, 5.74) is 4.43. The number of pyridine rings is 1. The van der Waals surface area contributed by atoms with Gasteiger partial charge in [0, 0.05) is 69.5 Å². The van der Waals surface area contributed by atoms with Gasteiger partial charge in [-0.3, -0.25) is 9.78 Å². The van der Waals surface area contributed by atoms with E-state index in [0.29, 0.717) is 32.1 Å². The Bertz CT molecular complexity index is 1170. The van der Waals surface area contributed by atoms with Crippen LogP contribution >= 0.6 is 27.0 Å². The second-order valence-corrected chi connectivity index (χ2v) is 8.89. The van der Waals surface area contributed by atoms with Crippen LogP contribution in [0.5, 0.6) is 0 Å². The van der Waals surface area contributed by atoms with Gasteiger partial charge in [-0.05, 0) is 25.1 Å². The molecule has 2 aliphatic rings. The summed E-state index contributed by atoms with van der Waals surface area (Å²) in [6.07, 6.45) is 2.49. The second-order valence-electron chi connectivity index (χ2n) is 8.89. The van der Waals surface area contributed by atoms with Crippen molar-refractivity contribution in [3.8, 4) is 11.3 Å². The van der Waals surface area contributed by atoms with Crippen LogP contribution in [-0.4, -0.2) is 95.5 Å². The van der Waals surface area contributed by atoms with Gasteiger partial charge in [-0.15, -0.1) is 0 Å². The molecule has 0 saturated carbocycles. The quantitative estimate of drug-likeness (QED) is 0.422. The number of hydrogen-bond donors (Lipinski definition) is 3. The van der Waals surface area contributed by atoms with Crippen molar-refractivity contribution in [3.63, 3.8) is 0 Å². The first-order chi connectivity index (χ1) is 17.1. The van der Waals surface area contributed by atoms with Crippen LogP contribution < -0.4 is 15.5 Å². The number of anilines is 2. The largest absolute Gasteiger partial charge is 0.384 e. The molecule has 2 saturated heterocycles. The highest BCUT2D eigenvalue weighted by Gasteiger charge is 2.24. The van der Waals surface area contributed by atoms with E-state index >= 15 is 0 Å². The lowest BCUT2D eigenvalue weighted by Crippen LogP contribution is -2.51. The minimum absolute atomic E-state index is 0. The Kier molecular flexibility index (Phi) is 10.4. The van der Waals surface area contributed by atoms with Gasteiger partial charge in [-0.25, -0.2) is 9.97 Å². The van der Waals surface area contributed by atoms with E-state index in [1.54, 1.807) is 17.3 Å². The fourth-order valence-electron chi connectivity index (χ4n) is 4.50. The number of piperazine rings is 1. The number of carbonyl (C=O) groups is 1. The Morgan fingerprint density at radius 3 is 2.57 bits per heavy atom. The molecule has 3 aromatic rings. The number of fused-ring (bicyclic) bond motifs is 1. The van der Waals surface area contributed by atoms with Crippen LogP contribution in [0.2, 0.25) is 0 Å². The Balaban J connectivity index is 0.00000190. The molecular formula is C25H35N7O3S2. The van der Waals surface area contributed by atoms with E-state index in [2.05, 4.69) is 49.8 Å². The molecule has 200 valence electrons. The summed E-state index contributed by atoms with van der Waals surface area (Å²) < 4.78 is 5.80. The van der Waals surface area contributed by atoms with Crippen molar-refractivity contribution in [3.05, 3.63) is 42.7 Å². The second kappa shape index (κ2) is 13.2. The maximum absolute atomic E-state index is 12.0. The van der Waals surface area contributed by atoms with Gasteiger partial charge in [-0.1, -0.05) is 12.1 Å². The van der Waals surface area contributed by atoms with Crippen LogP contribution in [0.25, 0.3) is 22.3 Å². The number of morpholine rings is 1. The van der Waals surface area contributed by atoms with Crippen molar-refractivity contribution in [1.82, 2.24) is 25.2 Å². The van der Waals surface area contributed by atoms with E-state index in [9.17, 15) is 9.90 Å². The van der Waals surface area contributed by atoms with Crippen LogP contribution in [-0.2, 0) is 9.53 Å². The predicted octanol–water partition coefficient (Wildman–Crippen LogP) is 1.35. The van der Waals surface area contributed by atoms with E-state index in [0.717, 1.165) is 54.2 Å². The molecule has 0 unspecified atom stereocenters. The Morgan fingerprint density at radius 1 is 1.16 bits per heavy atom. The summed E-state index contributed by atoms with van der Waals surface area (Å²) in [6.45, 7) is 7.21.